The Labute approximate surface area is 96.6 Å². The minimum Gasteiger partial charge on any atom is -0.396 e. The summed E-state index contributed by atoms with van der Waals surface area (Å²) in [5, 5.41) is 5.62. The van der Waals surface area contributed by atoms with E-state index in [1.165, 1.54) is 6.20 Å². The van der Waals surface area contributed by atoms with Crippen LogP contribution in [0.3, 0.4) is 0 Å². The monoisotopic (exact) mass is 272 g/mol. The lowest BCUT2D eigenvalue weighted by Gasteiger charge is -2.10. The molecule has 5 nitrogen and oxygen atoms in total. The molecule has 1 amide bonds. The molecule has 1 aromatic heterocycles. The van der Waals surface area contributed by atoms with Crippen LogP contribution in [0, 0.1) is 0 Å². The number of aromatic nitrogens is 1. The van der Waals surface area contributed by atoms with Crippen molar-refractivity contribution in [1.82, 2.24) is 10.3 Å². The Morgan fingerprint density at radius 1 is 1.60 bits per heavy atom. The third kappa shape index (κ3) is 3.39. The lowest BCUT2D eigenvalue weighted by molar-refractivity contribution is -0.119. The number of likely N-dealkylation sites (N-methyl/N-ethyl adjacent to an activating group) is 1. The second-order valence-corrected chi connectivity index (χ2v) is 3.75. The van der Waals surface area contributed by atoms with Crippen molar-refractivity contribution in [1.29, 1.82) is 0 Å². The van der Waals surface area contributed by atoms with Crippen molar-refractivity contribution in [3.05, 3.63) is 16.9 Å². The van der Waals surface area contributed by atoms with E-state index in [9.17, 15) is 4.79 Å². The number of hydrogen-bond donors (Lipinski definition) is 3. The average molecular weight is 273 g/mol. The number of amides is 1. The lowest BCUT2D eigenvalue weighted by atomic mass is 10.3. The number of nitrogen functional groups attached to an aromatic ring is 1. The van der Waals surface area contributed by atoms with Gasteiger partial charge in [0.05, 0.1) is 28.6 Å². The first-order valence-corrected chi connectivity index (χ1v) is 5.34. The Hall–Kier alpha value is -1.30. The minimum atomic E-state index is -0.0689. The standard InChI is InChI=1S/C9H13BrN4O/c1-2-13-8(15)5-14-9-6(10)3-12-4-7(9)11/h3-4H,2,5,11H2,1H3,(H,12,14)(H,13,15). The van der Waals surface area contributed by atoms with Crippen LogP contribution in [0.2, 0.25) is 0 Å². The summed E-state index contributed by atoms with van der Waals surface area (Å²) >= 11 is 3.30. The molecule has 0 saturated carbocycles. The molecule has 0 atom stereocenters. The van der Waals surface area contributed by atoms with E-state index in [0.29, 0.717) is 17.9 Å². The third-order valence-electron chi connectivity index (χ3n) is 1.73. The van der Waals surface area contributed by atoms with Crippen LogP contribution in [0.1, 0.15) is 6.92 Å². The number of nitrogens with one attached hydrogen (secondary N) is 2. The highest BCUT2D eigenvalue weighted by Gasteiger charge is 2.05. The van der Waals surface area contributed by atoms with Crippen LogP contribution in [0.15, 0.2) is 16.9 Å². The van der Waals surface area contributed by atoms with E-state index >= 15 is 0 Å². The van der Waals surface area contributed by atoms with E-state index in [1.807, 2.05) is 6.92 Å². The van der Waals surface area contributed by atoms with Crippen molar-refractivity contribution in [2.45, 2.75) is 6.92 Å². The number of pyridine rings is 1. The van der Waals surface area contributed by atoms with E-state index in [2.05, 4.69) is 31.5 Å². The number of carbonyl (C=O) groups excluding carboxylic acids is 1. The van der Waals surface area contributed by atoms with Gasteiger partial charge in [0.15, 0.2) is 0 Å². The molecular weight excluding hydrogens is 260 g/mol. The Bertz CT molecular complexity index is 336. The molecule has 1 rings (SSSR count). The van der Waals surface area contributed by atoms with Gasteiger partial charge in [-0.15, -0.1) is 0 Å². The molecule has 0 saturated heterocycles. The molecule has 0 aliphatic carbocycles. The smallest absolute Gasteiger partial charge is 0.239 e. The summed E-state index contributed by atoms with van der Waals surface area (Å²) in [5.41, 5.74) is 6.89. The van der Waals surface area contributed by atoms with Gasteiger partial charge in [0.25, 0.3) is 0 Å². The van der Waals surface area contributed by atoms with Crippen molar-refractivity contribution in [3.63, 3.8) is 0 Å². The van der Waals surface area contributed by atoms with Crippen molar-refractivity contribution < 1.29 is 4.79 Å². The van der Waals surface area contributed by atoms with Crippen molar-refractivity contribution in [3.8, 4) is 0 Å². The van der Waals surface area contributed by atoms with E-state index in [4.69, 9.17) is 5.73 Å². The first-order valence-electron chi connectivity index (χ1n) is 4.54. The summed E-state index contributed by atoms with van der Waals surface area (Å²) in [6, 6.07) is 0. The van der Waals surface area contributed by atoms with E-state index in [-0.39, 0.29) is 12.5 Å². The summed E-state index contributed by atoms with van der Waals surface area (Å²) in [6.07, 6.45) is 3.15. The molecular formula is C9H13BrN4O. The van der Waals surface area contributed by atoms with Crippen LogP contribution in [-0.2, 0) is 4.79 Å². The zero-order valence-corrected chi connectivity index (χ0v) is 9.97. The third-order valence-corrected chi connectivity index (χ3v) is 2.33. The first kappa shape index (κ1) is 11.8. The molecule has 0 unspecified atom stereocenters. The predicted molar refractivity (Wildman–Crippen MR) is 63.5 cm³/mol. The Morgan fingerprint density at radius 3 is 2.93 bits per heavy atom. The summed E-state index contributed by atoms with van der Waals surface area (Å²) in [4.78, 5) is 15.1. The van der Waals surface area contributed by atoms with Gasteiger partial charge in [-0.2, -0.15) is 0 Å². The minimum absolute atomic E-state index is 0.0689. The largest absolute Gasteiger partial charge is 0.396 e. The highest BCUT2D eigenvalue weighted by molar-refractivity contribution is 9.10. The summed E-state index contributed by atoms with van der Waals surface area (Å²) in [7, 11) is 0. The predicted octanol–water partition coefficient (Wildman–Crippen LogP) is 0.974. The molecule has 0 radical (unpaired) electrons. The van der Waals surface area contributed by atoms with Gasteiger partial charge in [-0.05, 0) is 22.9 Å². The molecule has 0 aromatic carbocycles. The van der Waals surface area contributed by atoms with Gasteiger partial charge in [-0.25, -0.2) is 0 Å². The number of anilines is 2. The maximum Gasteiger partial charge on any atom is 0.239 e. The fourth-order valence-electron chi connectivity index (χ4n) is 1.06. The van der Waals surface area contributed by atoms with E-state index in [0.717, 1.165) is 4.47 Å². The fraction of sp³-hybridized carbons (Fsp3) is 0.333. The molecule has 0 spiro atoms. The molecule has 0 bridgehead atoms. The van der Waals surface area contributed by atoms with Crippen LogP contribution < -0.4 is 16.4 Å². The maximum atomic E-state index is 11.2. The normalized spacial score (nSPS) is 9.73. The lowest BCUT2D eigenvalue weighted by Crippen LogP contribution is -2.29. The number of hydrogen-bond acceptors (Lipinski definition) is 4. The van der Waals surface area contributed by atoms with Gasteiger partial charge in [0.2, 0.25) is 5.91 Å². The first-order chi connectivity index (χ1) is 7.15. The van der Waals surface area contributed by atoms with Crippen molar-refractivity contribution in [2.75, 3.05) is 24.1 Å². The topological polar surface area (TPSA) is 80.0 Å². The molecule has 6 heteroatoms. The number of carbonyl (C=O) groups is 1. The van der Waals surface area contributed by atoms with Crippen LogP contribution in [0.25, 0.3) is 0 Å². The van der Waals surface area contributed by atoms with Gasteiger partial charge >= 0.3 is 0 Å². The summed E-state index contributed by atoms with van der Waals surface area (Å²) < 4.78 is 0.742. The fourth-order valence-corrected chi connectivity index (χ4v) is 1.55. The van der Waals surface area contributed by atoms with E-state index in [1.54, 1.807) is 6.20 Å². The Balaban J connectivity index is 2.61. The second kappa shape index (κ2) is 5.55. The van der Waals surface area contributed by atoms with Crippen LogP contribution in [0.5, 0.6) is 0 Å². The summed E-state index contributed by atoms with van der Waals surface area (Å²) in [6.45, 7) is 2.68. The molecule has 0 aliphatic heterocycles. The van der Waals surface area contributed by atoms with Crippen LogP contribution >= 0.6 is 15.9 Å². The Kier molecular flexibility index (Phi) is 4.36. The number of rotatable bonds is 4. The molecule has 1 heterocycles. The Morgan fingerprint density at radius 2 is 2.33 bits per heavy atom. The SMILES string of the molecule is CCNC(=O)CNc1c(N)cncc1Br. The quantitative estimate of drug-likeness (QED) is 0.763. The van der Waals surface area contributed by atoms with Gasteiger partial charge in [0, 0.05) is 12.7 Å². The van der Waals surface area contributed by atoms with Gasteiger partial charge in [-0.3, -0.25) is 9.78 Å². The zero-order valence-electron chi connectivity index (χ0n) is 8.38. The average Bonchev–Trinajstić information content (AvgIpc) is 2.17. The molecule has 0 aliphatic rings. The van der Waals surface area contributed by atoms with Gasteiger partial charge in [-0.1, -0.05) is 0 Å². The highest BCUT2D eigenvalue weighted by Crippen LogP contribution is 2.26. The van der Waals surface area contributed by atoms with Crippen LogP contribution in [-0.4, -0.2) is 24.0 Å². The molecule has 1 aromatic rings. The summed E-state index contributed by atoms with van der Waals surface area (Å²) in [5.74, 6) is -0.0689. The number of nitrogens with two attached hydrogens (primary N) is 1. The molecule has 0 fully saturated rings. The highest BCUT2D eigenvalue weighted by atomic mass is 79.9. The van der Waals surface area contributed by atoms with Gasteiger partial charge in [0.1, 0.15) is 0 Å². The molecule has 4 N–H and O–H groups in total. The molecule has 15 heavy (non-hydrogen) atoms. The number of halogens is 1. The van der Waals surface area contributed by atoms with Crippen molar-refractivity contribution >= 4 is 33.2 Å². The number of nitrogens with zero attached hydrogens (tertiary/aromatic N) is 1. The van der Waals surface area contributed by atoms with Crippen molar-refractivity contribution in [2.24, 2.45) is 0 Å². The maximum absolute atomic E-state index is 11.2. The van der Waals surface area contributed by atoms with Gasteiger partial charge < -0.3 is 16.4 Å². The zero-order chi connectivity index (χ0) is 11.3. The van der Waals surface area contributed by atoms with Crippen LogP contribution in [0.4, 0.5) is 11.4 Å². The van der Waals surface area contributed by atoms with E-state index < -0.39 is 0 Å². The second-order valence-electron chi connectivity index (χ2n) is 2.89. The molecule has 82 valence electrons.